The lowest BCUT2D eigenvalue weighted by molar-refractivity contribution is 0.313. The average Bonchev–Trinajstić information content (AvgIpc) is 2.41. The number of hydrogen-bond acceptors (Lipinski definition) is 3. The minimum absolute atomic E-state index is 0.0832. The van der Waals surface area contributed by atoms with Crippen LogP contribution in [-0.2, 0) is 13.1 Å². The van der Waals surface area contributed by atoms with Crippen LogP contribution < -0.4 is 5.73 Å². The number of halogens is 1. The van der Waals surface area contributed by atoms with Crippen LogP contribution in [0.5, 0.6) is 0 Å². The van der Waals surface area contributed by atoms with Crippen LogP contribution in [0.3, 0.4) is 0 Å². The van der Waals surface area contributed by atoms with E-state index in [0.29, 0.717) is 24.3 Å². The van der Waals surface area contributed by atoms with Crippen molar-refractivity contribution in [3.05, 3.63) is 65.0 Å². The zero-order chi connectivity index (χ0) is 14.5. The topological polar surface area (TPSA) is 53.0 Å². The van der Waals surface area contributed by atoms with Crippen molar-refractivity contribution >= 4 is 5.69 Å². The fourth-order valence-electron chi connectivity index (χ4n) is 2.14. The van der Waals surface area contributed by atoms with Crippen molar-refractivity contribution in [1.82, 2.24) is 4.90 Å². The van der Waals surface area contributed by atoms with Gasteiger partial charge in [-0.2, -0.15) is 5.26 Å². The first-order valence-electron chi connectivity index (χ1n) is 6.30. The summed E-state index contributed by atoms with van der Waals surface area (Å²) in [5.74, 6) is -0.436. The zero-order valence-electron chi connectivity index (χ0n) is 11.3. The van der Waals surface area contributed by atoms with Gasteiger partial charge < -0.3 is 5.73 Å². The molecule has 0 amide bonds. The van der Waals surface area contributed by atoms with E-state index in [4.69, 9.17) is 11.0 Å². The maximum absolute atomic E-state index is 14.0. The maximum atomic E-state index is 14.0. The second-order valence-electron chi connectivity index (χ2n) is 4.81. The minimum Gasteiger partial charge on any atom is -0.399 e. The van der Waals surface area contributed by atoms with Crippen LogP contribution in [0.1, 0.15) is 16.7 Å². The zero-order valence-corrected chi connectivity index (χ0v) is 11.3. The number of nitriles is 1. The summed E-state index contributed by atoms with van der Waals surface area (Å²) < 4.78 is 14.0. The first-order chi connectivity index (χ1) is 9.60. The number of nitrogen functional groups attached to an aromatic ring is 1. The lowest BCUT2D eigenvalue weighted by Crippen LogP contribution is -2.18. The average molecular weight is 269 g/mol. The third-order valence-corrected chi connectivity index (χ3v) is 3.04. The van der Waals surface area contributed by atoms with Gasteiger partial charge in [0.1, 0.15) is 11.9 Å². The highest BCUT2D eigenvalue weighted by atomic mass is 19.1. The molecule has 0 atom stereocenters. The number of benzene rings is 2. The molecule has 0 heterocycles. The summed E-state index contributed by atoms with van der Waals surface area (Å²) in [4.78, 5) is 1.98. The predicted molar refractivity (Wildman–Crippen MR) is 77.1 cm³/mol. The van der Waals surface area contributed by atoms with E-state index in [1.807, 2.05) is 42.3 Å². The van der Waals surface area contributed by atoms with E-state index < -0.39 is 5.82 Å². The summed E-state index contributed by atoms with van der Waals surface area (Å²) in [7, 11) is 1.90. The summed E-state index contributed by atoms with van der Waals surface area (Å²) >= 11 is 0. The Morgan fingerprint density at radius 2 is 1.95 bits per heavy atom. The summed E-state index contributed by atoms with van der Waals surface area (Å²) in [6.07, 6.45) is 0. The molecule has 0 unspecified atom stereocenters. The van der Waals surface area contributed by atoms with Crippen molar-refractivity contribution in [1.29, 1.82) is 5.26 Å². The molecule has 0 saturated heterocycles. The monoisotopic (exact) mass is 269 g/mol. The van der Waals surface area contributed by atoms with Gasteiger partial charge in [0.25, 0.3) is 0 Å². The molecule has 0 aliphatic heterocycles. The van der Waals surface area contributed by atoms with Crippen molar-refractivity contribution in [2.75, 3.05) is 12.8 Å². The number of rotatable bonds is 4. The number of anilines is 1. The first kappa shape index (κ1) is 14.0. The Kier molecular flexibility index (Phi) is 4.34. The molecule has 3 nitrogen and oxygen atoms in total. The van der Waals surface area contributed by atoms with Crippen molar-refractivity contribution in [3.8, 4) is 6.07 Å². The Balaban J connectivity index is 2.09. The van der Waals surface area contributed by atoms with E-state index >= 15 is 0 Å². The van der Waals surface area contributed by atoms with Crippen LogP contribution in [0, 0.1) is 17.1 Å². The Labute approximate surface area is 118 Å². The van der Waals surface area contributed by atoms with Crippen molar-refractivity contribution in [3.63, 3.8) is 0 Å². The Hall–Kier alpha value is -2.38. The normalized spacial score (nSPS) is 10.5. The van der Waals surface area contributed by atoms with E-state index in [1.165, 1.54) is 6.07 Å². The van der Waals surface area contributed by atoms with Crippen LogP contribution in [0.4, 0.5) is 10.1 Å². The summed E-state index contributed by atoms with van der Waals surface area (Å²) in [5, 5.41) is 8.83. The molecule has 2 aromatic rings. The second-order valence-corrected chi connectivity index (χ2v) is 4.81. The summed E-state index contributed by atoms with van der Waals surface area (Å²) in [6.45, 7) is 1.11. The van der Waals surface area contributed by atoms with Crippen molar-refractivity contribution in [2.24, 2.45) is 0 Å². The quantitative estimate of drug-likeness (QED) is 0.868. The van der Waals surface area contributed by atoms with Crippen LogP contribution in [-0.4, -0.2) is 11.9 Å². The predicted octanol–water partition coefficient (Wildman–Crippen LogP) is 2.91. The molecule has 2 rings (SSSR count). The molecule has 4 heteroatoms. The fourth-order valence-corrected chi connectivity index (χ4v) is 2.14. The molecule has 20 heavy (non-hydrogen) atoms. The number of nitrogens with two attached hydrogens (primary N) is 1. The van der Waals surface area contributed by atoms with E-state index in [2.05, 4.69) is 0 Å². The second kappa shape index (κ2) is 6.18. The Morgan fingerprint density at radius 1 is 1.20 bits per heavy atom. The summed E-state index contributed by atoms with van der Waals surface area (Å²) in [5.41, 5.74) is 8.13. The molecule has 0 radical (unpaired) electrons. The van der Waals surface area contributed by atoms with Crippen LogP contribution in [0.2, 0.25) is 0 Å². The molecule has 102 valence electrons. The van der Waals surface area contributed by atoms with Gasteiger partial charge in [0.15, 0.2) is 0 Å². The van der Waals surface area contributed by atoms with E-state index in [9.17, 15) is 4.39 Å². The van der Waals surface area contributed by atoms with Gasteiger partial charge in [-0.15, -0.1) is 0 Å². The molecular formula is C16H16FN3. The molecular weight excluding hydrogens is 253 g/mol. The molecule has 0 aromatic heterocycles. The first-order valence-corrected chi connectivity index (χ1v) is 6.30. The van der Waals surface area contributed by atoms with Gasteiger partial charge in [-0.3, -0.25) is 4.90 Å². The molecule has 2 aromatic carbocycles. The maximum Gasteiger partial charge on any atom is 0.145 e. The van der Waals surface area contributed by atoms with Crippen LogP contribution in [0.25, 0.3) is 0 Å². The van der Waals surface area contributed by atoms with Gasteiger partial charge in [-0.05, 0) is 30.8 Å². The number of nitrogens with zero attached hydrogens (tertiary/aromatic N) is 2. The van der Waals surface area contributed by atoms with Crippen LogP contribution in [0.15, 0.2) is 42.5 Å². The molecule has 2 N–H and O–H groups in total. The van der Waals surface area contributed by atoms with Gasteiger partial charge in [0.05, 0.1) is 5.56 Å². The Morgan fingerprint density at radius 3 is 2.65 bits per heavy atom. The molecule has 0 aliphatic carbocycles. The highest BCUT2D eigenvalue weighted by Gasteiger charge is 2.10. The molecule has 0 fully saturated rings. The van der Waals surface area contributed by atoms with Gasteiger partial charge >= 0.3 is 0 Å². The van der Waals surface area contributed by atoms with Crippen molar-refractivity contribution < 1.29 is 4.39 Å². The smallest absolute Gasteiger partial charge is 0.145 e. The molecule has 0 saturated carbocycles. The lowest BCUT2D eigenvalue weighted by atomic mass is 10.1. The van der Waals surface area contributed by atoms with E-state index in [0.717, 1.165) is 5.56 Å². The largest absolute Gasteiger partial charge is 0.399 e. The SMILES string of the molecule is CN(Cc1cccc(N)c1)Cc1cccc(C#N)c1F. The Bertz CT molecular complexity index is 646. The fraction of sp³-hybridized carbons (Fsp3) is 0.188. The summed E-state index contributed by atoms with van der Waals surface area (Å²) in [6, 6.07) is 14.4. The van der Waals surface area contributed by atoms with Gasteiger partial charge in [-0.25, -0.2) is 4.39 Å². The highest BCUT2D eigenvalue weighted by Crippen LogP contribution is 2.15. The highest BCUT2D eigenvalue weighted by molar-refractivity contribution is 5.40. The third kappa shape index (κ3) is 3.34. The van der Waals surface area contributed by atoms with Gasteiger partial charge in [-0.1, -0.05) is 24.3 Å². The third-order valence-electron chi connectivity index (χ3n) is 3.04. The number of hydrogen-bond donors (Lipinski definition) is 1. The lowest BCUT2D eigenvalue weighted by Gasteiger charge is -2.17. The van der Waals surface area contributed by atoms with Crippen LogP contribution >= 0.6 is 0 Å². The minimum atomic E-state index is -0.436. The van der Waals surface area contributed by atoms with E-state index in [1.54, 1.807) is 12.1 Å². The standard InChI is InChI=1S/C16H16FN3/c1-20(10-12-4-2-7-15(19)8-12)11-14-6-3-5-13(9-18)16(14)17/h2-8H,10-11,19H2,1H3. The van der Waals surface area contributed by atoms with Gasteiger partial charge in [0.2, 0.25) is 0 Å². The van der Waals surface area contributed by atoms with E-state index in [-0.39, 0.29) is 5.56 Å². The van der Waals surface area contributed by atoms with Crippen molar-refractivity contribution in [2.45, 2.75) is 13.1 Å². The molecule has 0 bridgehead atoms. The molecule has 0 aliphatic rings. The molecule has 0 spiro atoms. The van der Waals surface area contributed by atoms with Gasteiger partial charge in [0, 0.05) is 24.3 Å².